The Hall–Kier alpha value is -1.40. The minimum atomic E-state index is -0.0358. The predicted octanol–water partition coefficient (Wildman–Crippen LogP) is 0.605. The predicted molar refractivity (Wildman–Crippen MR) is 68.4 cm³/mol. The lowest BCUT2D eigenvalue weighted by Gasteiger charge is -2.23. The molecule has 0 aliphatic carbocycles. The molecular formula is C12H20N4O2. The number of likely N-dealkylation sites (N-methyl/N-ethyl adjacent to an activating group) is 1. The lowest BCUT2D eigenvalue weighted by molar-refractivity contribution is -0.117. The summed E-state index contributed by atoms with van der Waals surface area (Å²) in [5.74, 6) is 1.15. The van der Waals surface area contributed by atoms with Crippen molar-refractivity contribution < 1.29 is 9.32 Å². The van der Waals surface area contributed by atoms with E-state index in [4.69, 9.17) is 4.52 Å². The molecule has 1 unspecified atom stereocenters. The first kappa shape index (κ1) is 13.0. The third kappa shape index (κ3) is 3.30. The lowest BCUT2D eigenvalue weighted by atomic mass is 10.2. The van der Waals surface area contributed by atoms with Gasteiger partial charge in [0, 0.05) is 18.7 Å². The van der Waals surface area contributed by atoms with Crippen LogP contribution >= 0.6 is 0 Å². The van der Waals surface area contributed by atoms with E-state index in [1.165, 1.54) is 0 Å². The molecule has 1 fully saturated rings. The van der Waals surface area contributed by atoms with Crippen LogP contribution in [0, 0.1) is 6.92 Å². The quantitative estimate of drug-likeness (QED) is 0.803. The van der Waals surface area contributed by atoms with Gasteiger partial charge in [0.2, 0.25) is 5.91 Å². The molecule has 0 bridgehead atoms. The van der Waals surface area contributed by atoms with Gasteiger partial charge in [0.15, 0.2) is 5.82 Å². The molecule has 1 aliphatic heterocycles. The molecule has 2 N–H and O–H groups in total. The number of aryl methyl sites for hydroxylation is 1. The third-order valence-corrected chi connectivity index (χ3v) is 3.18. The van der Waals surface area contributed by atoms with Gasteiger partial charge in [-0.05, 0) is 33.4 Å². The van der Waals surface area contributed by atoms with Crippen molar-refractivity contribution in [1.82, 2.24) is 15.4 Å². The number of rotatable bonds is 5. The molecule has 6 heteroatoms. The Morgan fingerprint density at radius 2 is 2.50 bits per heavy atom. The highest BCUT2D eigenvalue weighted by Gasteiger charge is 2.25. The van der Waals surface area contributed by atoms with E-state index >= 15 is 0 Å². The van der Waals surface area contributed by atoms with Crippen LogP contribution in [0.5, 0.6) is 0 Å². The normalized spacial score (nSPS) is 20.2. The summed E-state index contributed by atoms with van der Waals surface area (Å²) in [6.45, 7) is 4.12. The molecule has 1 aromatic rings. The van der Waals surface area contributed by atoms with Gasteiger partial charge >= 0.3 is 0 Å². The number of hydrogen-bond acceptors (Lipinski definition) is 5. The second-order valence-electron chi connectivity index (χ2n) is 4.70. The molecule has 6 nitrogen and oxygen atoms in total. The van der Waals surface area contributed by atoms with E-state index in [-0.39, 0.29) is 5.91 Å². The van der Waals surface area contributed by atoms with Gasteiger partial charge in [0.05, 0.1) is 6.54 Å². The van der Waals surface area contributed by atoms with Crippen molar-refractivity contribution in [2.24, 2.45) is 0 Å². The van der Waals surface area contributed by atoms with E-state index in [0.29, 0.717) is 24.2 Å². The number of likely N-dealkylation sites (tertiary alicyclic amines) is 1. The summed E-state index contributed by atoms with van der Waals surface area (Å²) in [7, 11) is 1.94. The Bertz CT molecular complexity index is 405. The van der Waals surface area contributed by atoms with Crippen molar-refractivity contribution in [3.05, 3.63) is 11.8 Å². The molecule has 1 atom stereocenters. The second kappa shape index (κ2) is 5.97. The maximum absolute atomic E-state index is 11.9. The summed E-state index contributed by atoms with van der Waals surface area (Å²) in [6, 6.07) is 2.17. The molecule has 100 valence electrons. The van der Waals surface area contributed by atoms with Crippen LogP contribution in [0.15, 0.2) is 10.6 Å². The number of nitrogens with zero attached hydrogens (tertiary/aromatic N) is 2. The van der Waals surface area contributed by atoms with Crippen molar-refractivity contribution in [2.75, 3.05) is 32.0 Å². The van der Waals surface area contributed by atoms with Crippen molar-refractivity contribution in [2.45, 2.75) is 25.8 Å². The SMILES string of the molecule is CNCC1CCCN1CC(=O)Nc1cc(C)on1. The highest BCUT2D eigenvalue weighted by molar-refractivity contribution is 5.91. The van der Waals surface area contributed by atoms with E-state index in [2.05, 4.69) is 20.7 Å². The summed E-state index contributed by atoms with van der Waals surface area (Å²) < 4.78 is 4.91. The monoisotopic (exact) mass is 252 g/mol. The van der Waals surface area contributed by atoms with Crippen LogP contribution in [-0.2, 0) is 4.79 Å². The topological polar surface area (TPSA) is 70.4 Å². The number of carbonyl (C=O) groups excluding carboxylic acids is 1. The molecule has 1 saturated heterocycles. The zero-order valence-electron chi connectivity index (χ0n) is 10.9. The lowest BCUT2D eigenvalue weighted by Crippen LogP contribution is -2.41. The van der Waals surface area contributed by atoms with Crippen LogP contribution in [0.3, 0.4) is 0 Å². The van der Waals surface area contributed by atoms with Crippen molar-refractivity contribution in [1.29, 1.82) is 0 Å². The highest BCUT2D eigenvalue weighted by Crippen LogP contribution is 2.16. The van der Waals surface area contributed by atoms with E-state index in [1.54, 1.807) is 13.0 Å². The van der Waals surface area contributed by atoms with E-state index in [9.17, 15) is 4.79 Å². The Labute approximate surface area is 107 Å². The van der Waals surface area contributed by atoms with Gasteiger partial charge in [-0.25, -0.2) is 0 Å². The second-order valence-corrected chi connectivity index (χ2v) is 4.70. The summed E-state index contributed by atoms with van der Waals surface area (Å²) in [4.78, 5) is 14.1. The molecule has 2 rings (SSSR count). The van der Waals surface area contributed by atoms with Crippen molar-refractivity contribution in [3.8, 4) is 0 Å². The smallest absolute Gasteiger partial charge is 0.239 e. The molecular weight excluding hydrogens is 232 g/mol. The van der Waals surface area contributed by atoms with Crippen LogP contribution in [0.25, 0.3) is 0 Å². The number of hydrogen-bond donors (Lipinski definition) is 2. The van der Waals surface area contributed by atoms with Gasteiger partial charge < -0.3 is 15.2 Å². The minimum Gasteiger partial charge on any atom is -0.360 e. The molecule has 0 radical (unpaired) electrons. The van der Waals surface area contributed by atoms with Gasteiger partial charge in [-0.2, -0.15) is 0 Å². The Kier molecular flexibility index (Phi) is 4.33. The number of aromatic nitrogens is 1. The number of amides is 1. The van der Waals surface area contributed by atoms with Crippen LogP contribution in [0.2, 0.25) is 0 Å². The van der Waals surface area contributed by atoms with Crippen LogP contribution < -0.4 is 10.6 Å². The summed E-state index contributed by atoms with van der Waals surface area (Å²) >= 11 is 0. The first-order chi connectivity index (χ1) is 8.69. The largest absolute Gasteiger partial charge is 0.360 e. The zero-order valence-corrected chi connectivity index (χ0v) is 10.9. The first-order valence-corrected chi connectivity index (χ1v) is 6.31. The zero-order chi connectivity index (χ0) is 13.0. The molecule has 1 amide bonds. The van der Waals surface area contributed by atoms with Gasteiger partial charge in [0.25, 0.3) is 0 Å². The van der Waals surface area contributed by atoms with Crippen LogP contribution in [0.4, 0.5) is 5.82 Å². The fraction of sp³-hybridized carbons (Fsp3) is 0.667. The average molecular weight is 252 g/mol. The van der Waals surface area contributed by atoms with Crippen LogP contribution in [0.1, 0.15) is 18.6 Å². The molecule has 2 heterocycles. The maximum atomic E-state index is 11.9. The van der Waals surface area contributed by atoms with Gasteiger partial charge in [-0.3, -0.25) is 9.69 Å². The third-order valence-electron chi connectivity index (χ3n) is 3.18. The summed E-state index contributed by atoms with van der Waals surface area (Å²) in [5.41, 5.74) is 0. The van der Waals surface area contributed by atoms with Gasteiger partial charge in [0.1, 0.15) is 5.76 Å². The van der Waals surface area contributed by atoms with Gasteiger partial charge in [-0.1, -0.05) is 5.16 Å². The van der Waals surface area contributed by atoms with E-state index < -0.39 is 0 Å². The molecule has 0 aromatic carbocycles. The minimum absolute atomic E-state index is 0.0358. The van der Waals surface area contributed by atoms with Gasteiger partial charge in [-0.15, -0.1) is 0 Å². The maximum Gasteiger partial charge on any atom is 0.239 e. The Balaban J connectivity index is 1.83. The van der Waals surface area contributed by atoms with Crippen LogP contribution in [-0.4, -0.2) is 48.7 Å². The molecule has 0 saturated carbocycles. The fourth-order valence-electron chi connectivity index (χ4n) is 2.36. The first-order valence-electron chi connectivity index (χ1n) is 6.31. The molecule has 18 heavy (non-hydrogen) atoms. The number of carbonyl (C=O) groups is 1. The number of nitrogens with one attached hydrogen (secondary N) is 2. The molecule has 1 aromatic heterocycles. The standard InChI is InChI=1S/C12H20N4O2/c1-9-6-11(15-18-9)14-12(17)8-16-5-3-4-10(16)7-13-2/h6,10,13H,3-5,7-8H2,1-2H3,(H,14,15,17). The van der Waals surface area contributed by atoms with Crippen molar-refractivity contribution >= 4 is 11.7 Å². The average Bonchev–Trinajstić information content (AvgIpc) is 2.90. The van der Waals surface area contributed by atoms with E-state index in [0.717, 1.165) is 25.9 Å². The highest BCUT2D eigenvalue weighted by atomic mass is 16.5. The Morgan fingerprint density at radius 3 is 3.17 bits per heavy atom. The van der Waals surface area contributed by atoms with Crippen molar-refractivity contribution in [3.63, 3.8) is 0 Å². The molecule has 1 aliphatic rings. The number of anilines is 1. The van der Waals surface area contributed by atoms with E-state index in [1.807, 2.05) is 7.05 Å². The fourth-order valence-corrected chi connectivity index (χ4v) is 2.36. The summed E-state index contributed by atoms with van der Waals surface area (Å²) in [5, 5.41) is 9.66. The summed E-state index contributed by atoms with van der Waals surface area (Å²) in [6.07, 6.45) is 2.31. The molecule has 0 spiro atoms. The Morgan fingerprint density at radius 1 is 1.67 bits per heavy atom.